The van der Waals surface area contributed by atoms with E-state index in [1.54, 1.807) is 6.33 Å². The van der Waals surface area contributed by atoms with Crippen LogP contribution in [0.25, 0.3) is 0 Å². The molecule has 0 aromatic carbocycles. The largest absolute Gasteiger partial charge is 0.377 e. The number of imidazole rings is 1. The Morgan fingerprint density at radius 1 is 1.67 bits per heavy atom. The maximum absolute atomic E-state index is 5.39. The number of nitrogens with zero attached hydrogens (tertiary/aromatic N) is 2. The molecule has 1 heterocycles. The molecule has 0 atom stereocenters. The molecule has 0 bridgehead atoms. The second-order valence-electron chi connectivity index (χ2n) is 2.85. The first kappa shape index (κ1) is 9.74. The number of hydrogen-bond acceptors (Lipinski definition) is 2. The van der Waals surface area contributed by atoms with E-state index in [-0.39, 0.29) is 0 Å². The summed E-state index contributed by atoms with van der Waals surface area (Å²) in [5.41, 5.74) is 0. The molecular weight excluding hydrogens is 220 g/mol. The van der Waals surface area contributed by atoms with E-state index in [0.717, 1.165) is 17.8 Å². The average molecular weight is 233 g/mol. The van der Waals surface area contributed by atoms with Gasteiger partial charge in [0.2, 0.25) is 0 Å². The highest BCUT2D eigenvalue weighted by Gasteiger charge is 1.95. The lowest BCUT2D eigenvalue weighted by Crippen LogP contribution is -2.09. The predicted octanol–water partition coefficient (Wildman–Crippen LogP) is 2.07. The summed E-state index contributed by atoms with van der Waals surface area (Å²) in [5, 5.41) is 0. The van der Waals surface area contributed by atoms with Crippen molar-refractivity contribution in [2.24, 2.45) is 0 Å². The van der Waals surface area contributed by atoms with E-state index in [1.807, 2.05) is 24.6 Å². The molecule has 0 radical (unpaired) electrons. The summed E-state index contributed by atoms with van der Waals surface area (Å²) in [6.07, 6.45) is 4.02. The van der Waals surface area contributed by atoms with Crippen LogP contribution >= 0.6 is 15.9 Å². The van der Waals surface area contributed by atoms with Gasteiger partial charge in [0.25, 0.3) is 0 Å². The van der Waals surface area contributed by atoms with Crippen molar-refractivity contribution in [3.8, 4) is 0 Å². The molecule has 0 aliphatic heterocycles. The molecule has 0 N–H and O–H groups in total. The molecule has 0 amide bonds. The van der Waals surface area contributed by atoms with Crippen LogP contribution < -0.4 is 0 Å². The molecule has 0 saturated heterocycles. The molecule has 4 heteroatoms. The van der Waals surface area contributed by atoms with Crippen LogP contribution in [-0.4, -0.2) is 22.3 Å². The Morgan fingerprint density at radius 3 is 2.92 bits per heavy atom. The minimum Gasteiger partial charge on any atom is -0.377 e. The fourth-order valence-electron chi connectivity index (χ4n) is 0.849. The standard InChI is InChI=1S/C8H13BrN2O/c1-7(2)12-4-3-11-5-8(9)10-6-11/h5-7H,3-4H2,1-2H3. The molecule has 0 spiro atoms. The van der Waals surface area contributed by atoms with Gasteiger partial charge >= 0.3 is 0 Å². The summed E-state index contributed by atoms with van der Waals surface area (Å²) < 4.78 is 8.25. The smallest absolute Gasteiger partial charge is 0.124 e. The van der Waals surface area contributed by atoms with Gasteiger partial charge in [0.1, 0.15) is 4.60 Å². The van der Waals surface area contributed by atoms with E-state index < -0.39 is 0 Å². The van der Waals surface area contributed by atoms with Crippen molar-refractivity contribution in [2.45, 2.75) is 26.5 Å². The third kappa shape index (κ3) is 3.36. The highest BCUT2D eigenvalue weighted by Crippen LogP contribution is 2.03. The quantitative estimate of drug-likeness (QED) is 0.795. The average Bonchev–Trinajstić information content (AvgIpc) is 2.35. The summed E-state index contributed by atoms with van der Waals surface area (Å²) in [4.78, 5) is 4.04. The monoisotopic (exact) mass is 232 g/mol. The maximum atomic E-state index is 5.39. The van der Waals surface area contributed by atoms with Gasteiger partial charge in [-0.1, -0.05) is 0 Å². The lowest BCUT2D eigenvalue weighted by Gasteiger charge is -2.06. The number of rotatable bonds is 4. The molecule has 12 heavy (non-hydrogen) atoms. The fraction of sp³-hybridized carbons (Fsp3) is 0.625. The molecule has 3 nitrogen and oxygen atoms in total. The summed E-state index contributed by atoms with van der Waals surface area (Å²) >= 11 is 3.28. The summed E-state index contributed by atoms with van der Waals surface area (Å²) in [6, 6.07) is 0. The molecule has 0 fully saturated rings. The van der Waals surface area contributed by atoms with Gasteiger partial charge < -0.3 is 9.30 Å². The van der Waals surface area contributed by atoms with E-state index in [2.05, 4.69) is 20.9 Å². The van der Waals surface area contributed by atoms with Crippen LogP contribution in [-0.2, 0) is 11.3 Å². The zero-order valence-corrected chi connectivity index (χ0v) is 8.91. The lowest BCUT2D eigenvalue weighted by atomic mass is 10.5. The van der Waals surface area contributed by atoms with Gasteiger partial charge in [-0.15, -0.1) is 0 Å². The van der Waals surface area contributed by atoms with Crippen molar-refractivity contribution in [3.63, 3.8) is 0 Å². The van der Waals surface area contributed by atoms with Crippen molar-refractivity contribution in [2.75, 3.05) is 6.61 Å². The Morgan fingerprint density at radius 2 is 2.42 bits per heavy atom. The van der Waals surface area contributed by atoms with Crippen molar-refractivity contribution >= 4 is 15.9 Å². The number of halogens is 1. The second kappa shape index (κ2) is 4.62. The van der Waals surface area contributed by atoms with E-state index >= 15 is 0 Å². The molecule has 1 aromatic heterocycles. The van der Waals surface area contributed by atoms with Crippen LogP contribution in [0.4, 0.5) is 0 Å². The van der Waals surface area contributed by atoms with E-state index in [1.165, 1.54) is 0 Å². The normalized spacial score (nSPS) is 11.0. The van der Waals surface area contributed by atoms with Crippen LogP contribution in [0.1, 0.15) is 13.8 Å². The van der Waals surface area contributed by atoms with Gasteiger partial charge in [-0.3, -0.25) is 0 Å². The van der Waals surface area contributed by atoms with Gasteiger partial charge in [-0.25, -0.2) is 4.98 Å². The first-order valence-corrected chi connectivity index (χ1v) is 4.76. The maximum Gasteiger partial charge on any atom is 0.124 e. The first-order chi connectivity index (χ1) is 5.68. The Hall–Kier alpha value is -0.350. The van der Waals surface area contributed by atoms with Crippen molar-refractivity contribution < 1.29 is 4.74 Å². The van der Waals surface area contributed by atoms with Crippen LogP contribution in [0.15, 0.2) is 17.1 Å². The number of hydrogen-bond donors (Lipinski definition) is 0. The van der Waals surface area contributed by atoms with Crippen LogP contribution in [0.2, 0.25) is 0 Å². The van der Waals surface area contributed by atoms with Gasteiger partial charge in [0.15, 0.2) is 0 Å². The third-order valence-electron chi connectivity index (χ3n) is 1.40. The van der Waals surface area contributed by atoms with Crippen LogP contribution in [0, 0.1) is 0 Å². The Labute approximate surface area is 80.9 Å². The molecule has 0 saturated carbocycles. The minimum absolute atomic E-state index is 0.303. The molecule has 0 aliphatic carbocycles. The minimum atomic E-state index is 0.303. The molecule has 1 rings (SSSR count). The Balaban J connectivity index is 2.24. The summed E-state index contributed by atoms with van der Waals surface area (Å²) in [6.45, 7) is 5.66. The number of aromatic nitrogens is 2. The van der Waals surface area contributed by atoms with E-state index in [0.29, 0.717) is 6.10 Å². The Bertz CT molecular complexity index is 235. The summed E-state index contributed by atoms with van der Waals surface area (Å²) in [5.74, 6) is 0. The first-order valence-electron chi connectivity index (χ1n) is 3.97. The van der Waals surface area contributed by atoms with Gasteiger partial charge in [-0.05, 0) is 29.8 Å². The topological polar surface area (TPSA) is 27.1 Å². The van der Waals surface area contributed by atoms with Crippen molar-refractivity contribution in [1.29, 1.82) is 0 Å². The third-order valence-corrected chi connectivity index (χ3v) is 1.81. The molecule has 0 unspecified atom stereocenters. The van der Waals surface area contributed by atoms with Gasteiger partial charge in [-0.2, -0.15) is 0 Å². The highest BCUT2D eigenvalue weighted by atomic mass is 79.9. The van der Waals surface area contributed by atoms with Crippen LogP contribution in [0.3, 0.4) is 0 Å². The highest BCUT2D eigenvalue weighted by molar-refractivity contribution is 9.10. The zero-order chi connectivity index (χ0) is 8.97. The van der Waals surface area contributed by atoms with E-state index in [9.17, 15) is 0 Å². The molecule has 1 aromatic rings. The predicted molar refractivity (Wildman–Crippen MR) is 51.0 cm³/mol. The van der Waals surface area contributed by atoms with E-state index in [4.69, 9.17) is 4.74 Å². The SMILES string of the molecule is CC(C)OCCn1cnc(Br)c1. The molecule has 68 valence electrons. The van der Waals surface area contributed by atoms with Crippen LogP contribution in [0.5, 0.6) is 0 Å². The second-order valence-corrected chi connectivity index (χ2v) is 3.67. The Kier molecular flexibility index (Phi) is 3.75. The fourth-order valence-corrected chi connectivity index (χ4v) is 1.20. The number of ether oxygens (including phenoxy) is 1. The van der Waals surface area contributed by atoms with Crippen molar-refractivity contribution in [1.82, 2.24) is 9.55 Å². The lowest BCUT2D eigenvalue weighted by molar-refractivity contribution is 0.0727. The van der Waals surface area contributed by atoms with Crippen molar-refractivity contribution in [3.05, 3.63) is 17.1 Å². The molecule has 0 aliphatic rings. The molecular formula is C8H13BrN2O. The summed E-state index contributed by atoms with van der Waals surface area (Å²) in [7, 11) is 0. The van der Waals surface area contributed by atoms with Gasteiger partial charge in [0, 0.05) is 12.7 Å². The van der Waals surface area contributed by atoms with Gasteiger partial charge in [0.05, 0.1) is 19.0 Å². The zero-order valence-electron chi connectivity index (χ0n) is 7.33.